The van der Waals surface area contributed by atoms with E-state index >= 15 is 0 Å². The van der Waals surface area contributed by atoms with E-state index in [0.717, 1.165) is 24.5 Å². The smallest absolute Gasteiger partial charge is 0.251 e. The molecule has 0 bridgehead atoms. The Kier molecular flexibility index (Phi) is 4.84. The second-order valence-electron chi connectivity index (χ2n) is 6.48. The van der Waals surface area contributed by atoms with Crippen molar-refractivity contribution in [1.29, 1.82) is 0 Å². The summed E-state index contributed by atoms with van der Waals surface area (Å²) >= 11 is 0. The molecule has 4 rings (SSSR count). The number of nitrogens with one attached hydrogen (secondary N) is 1. The molecule has 3 heterocycles. The number of rotatable bonds is 6. The van der Waals surface area contributed by atoms with Crippen LogP contribution in [0.4, 0.5) is 0 Å². The molecule has 1 aliphatic heterocycles. The van der Waals surface area contributed by atoms with Gasteiger partial charge in [-0.1, -0.05) is 0 Å². The Morgan fingerprint density at radius 2 is 1.96 bits per heavy atom. The lowest BCUT2D eigenvalue weighted by Gasteiger charge is -2.26. The Hall–Kier alpha value is -2.86. The van der Waals surface area contributed by atoms with Gasteiger partial charge < -0.3 is 9.73 Å². The summed E-state index contributed by atoms with van der Waals surface area (Å²) in [6.07, 6.45) is 7.68. The predicted octanol–water partition coefficient (Wildman–Crippen LogP) is 3.03. The van der Waals surface area contributed by atoms with E-state index in [4.69, 9.17) is 4.42 Å². The number of carbonyl (C=O) groups excluding carboxylic acids is 1. The Morgan fingerprint density at radius 3 is 2.62 bits per heavy atom. The average Bonchev–Trinajstić information content (AvgIpc) is 3.45. The summed E-state index contributed by atoms with van der Waals surface area (Å²) in [5.41, 5.74) is 1.57. The number of nitrogens with zero attached hydrogens (tertiary/aromatic N) is 3. The molecule has 1 aliphatic rings. The first-order valence-corrected chi connectivity index (χ1v) is 8.97. The molecule has 6 heteroatoms. The largest absolute Gasteiger partial charge is 0.468 e. The lowest BCUT2D eigenvalue weighted by atomic mass is 10.1. The number of carbonyl (C=O) groups is 1. The number of hydrogen-bond donors (Lipinski definition) is 1. The fourth-order valence-electron chi connectivity index (χ4n) is 3.42. The molecular formula is C20H22N4O2. The molecule has 3 aromatic rings. The van der Waals surface area contributed by atoms with Crippen molar-refractivity contribution >= 4 is 5.91 Å². The van der Waals surface area contributed by atoms with E-state index in [9.17, 15) is 4.79 Å². The molecule has 1 N–H and O–H groups in total. The lowest BCUT2D eigenvalue weighted by molar-refractivity contribution is 0.0934. The van der Waals surface area contributed by atoms with Gasteiger partial charge in [0.2, 0.25) is 0 Å². The first-order valence-electron chi connectivity index (χ1n) is 8.97. The highest BCUT2D eigenvalue weighted by atomic mass is 16.3. The molecule has 0 radical (unpaired) electrons. The van der Waals surface area contributed by atoms with Gasteiger partial charge in [-0.15, -0.1) is 0 Å². The summed E-state index contributed by atoms with van der Waals surface area (Å²) in [6.45, 7) is 2.62. The SMILES string of the molecule is O=C(NC[C@@H](c1ccco1)N1CCCC1)c1ccc(-n2cccn2)cc1. The summed E-state index contributed by atoms with van der Waals surface area (Å²) in [4.78, 5) is 14.9. The molecule has 1 fully saturated rings. The quantitative estimate of drug-likeness (QED) is 0.742. The van der Waals surface area contributed by atoms with Crippen LogP contribution in [-0.2, 0) is 0 Å². The zero-order chi connectivity index (χ0) is 17.8. The molecule has 0 spiro atoms. The van der Waals surface area contributed by atoms with Gasteiger partial charge in [0.05, 0.1) is 18.0 Å². The Labute approximate surface area is 152 Å². The number of hydrogen-bond acceptors (Lipinski definition) is 4. The van der Waals surface area contributed by atoms with Crippen LogP contribution in [0.2, 0.25) is 0 Å². The van der Waals surface area contributed by atoms with Gasteiger partial charge in [0.25, 0.3) is 5.91 Å². The summed E-state index contributed by atoms with van der Waals surface area (Å²) in [6, 6.07) is 13.3. The van der Waals surface area contributed by atoms with Gasteiger partial charge in [0.15, 0.2) is 0 Å². The molecule has 1 amide bonds. The van der Waals surface area contributed by atoms with Crippen molar-refractivity contribution in [2.45, 2.75) is 18.9 Å². The second kappa shape index (κ2) is 7.58. The number of benzene rings is 1. The van der Waals surface area contributed by atoms with Crippen LogP contribution in [0.3, 0.4) is 0 Å². The first-order chi connectivity index (χ1) is 12.8. The maximum Gasteiger partial charge on any atom is 0.251 e. The van der Waals surface area contributed by atoms with E-state index in [-0.39, 0.29) is 11.9 Å². The van der Waals surface area contributed by atoms with Crippen LogP contribution in [-0.4, -0.2) is 40.2 Å². The van der Waals surface area contributed by atoms with Gasteiger partial charge in [-0.05, 0) is 68.4 Å². The van der Waals surface area contributed by atoms with Gasteiger partial charge in [-0.25, -0.2) is 4.68 Å². The molecule has 6 nitrogen and oxygen atoms in total. The van der Waals surface area contributed by atoms with Crippen molar-refractivity contribution in [1.82, 2.24) is 20.0 Å². The zero-order valence-electron chi connectivity index (χ0n) is 14.5. The summed E-state index contributed by atoms with van der Waals surface area (Å²) < 4.78 is 7.37. The molecule has 1 saturated heterocycles. The second-order valence-corrected chi connectivity index (χ2v) is 6.48. The monoisotopic (exact) mass is 350 g/mol. The maximum atomic E-state index is 12.5. The third-order valence-electron chi connectivity index (χ3n) is 4.81. The standard InChI is InChI=1S/C20H22N4O2/c25-20(16-6-8-17(9-7-16)24-13-4-10-22-24)21-15-18(19-5-3-14-26-19)23-11-1-2-12-23/h3-10,13-14,18H,1-2,11-12,15H2,(H,21,25)/t18-/m0/s1. The normalized spacial score (nSPS) is 15.8. The van der Waals surface area contributed by atoms with Crippen molar-refractivity contribution in [2.24, 2.45) is 0 Å². The van der Waals surface area contributed by atoms with E-state index in [1.54, 1.807) is 17.1 Å². The topological polar surface area (TPSA) is 63.3 Å². The maximum absolute atomic E-state index is 12.5. The average molecular weight is 350 g/mol. The minimum Gasteiger partial charge on any atom is -0.468 e. The highest BCUT2D eigenvalue weighted by Crippen LogP contribution is 2.25. The van der Waals surface area contributed by atoms with Gasteiger partial charge in [-0.2, -0.15) is 5.10 Å². The van der Waals surface area contributed by atoms with Crippen LogP contribution in [0.5, 0.6) is 0 Å². The Morgan fingerprint density at radius 1 is 1.15 bits per heavy atom. The first kappa shape index (κ1) is 16.6. The van der Waals surface area contributed by atoms with Crippen LogP contribution in [0.15, 0.2) is 65.5 Å². The van der Waals surface area contributed by atoms with Gasteiger partial charge in [-0.3, -0.25) is 9.69 Å². The molecule has 0 aliphatic carbocycles. The van der Waals surface area contributed by atoms with Crippen molar-refractivity contribution < 1.29 is 9.21 Å². The highest BCUT2D eigenvalue weighted by Gasteiger charge is 2.26. The number of aromatic nitrogens is 2. The third kappa shape index (κ3) is 3.55. The van der Waals surface area contributed by atoms with Crippen molar-refractivity contribution in [3.05, 3.63) is 72.4 Å². The number of likely N-dealkylation sites (tertiary alicyclic amines) is 1. The van der Waals surface area contributed by atoms with E-state index in [0.29, 0.717) is 12.1 Å². The van der Waals surface area contributed by atoms with Crippen molar-refractivity contribution in [3.63, 3.8) is 0 Å². The Balaban J connectivity index is 1.42. The van der Waals surface area contributed by atoms with E-state index in [1.807, 2.05) is 48.7 Å². The van der Waals surface area contributed by atoms with Crippen LogP contribution < -0.4 is 5.32 Å². The van der Waals surface area contributed by atoms with Gasteiger partial charge >= 0.3 is 0 Å². The molecular weight excluding hydrogens is 328 g/mol. The van der Waals surface area contributed by atoms with E-state index < -0.39 is 0 Å². The number of amides is 1. The van der Waals surface area contributed by atoms with E-state index in [1.165, 1.54) is 12.8 Å². The summed E-state index contributed by atoms with van der Waals surface area (Å²) in [7, 11) is 0. The van der Waals surface area contributed by atoms with E-state index in [2.05, 4.69) is 15.3 Å². The molecule has 1 atom stereocenters. The molecule has 26 heavy (non-hydrogen) atoms. The number of furan rings is 1. The van der Waals surface area contributed by atoms with Crippen LogP contribution in [0, 0.1) is 0 Å². The predicted molar refractivity (Wildman–Crippen MR) is 98.2 cm³/mol. The molecule has 1 aromatic carbocycles. The van der Waals surface area contributed by atoms with Crippen LogP contribution >= 0.6 is 0 Å². The van der Waals surface area contributed by atoms with Crippen molar-refractivity contribution in [2.75, 3.05) is 19.6 Å². The molecule has 0 saturated carbocycles. The van der Waals surface area contributed by atoms with Crippen LogP contribution in [0.25, 0.3) is 5.69 Å². The highest BCUT2D eigenvalue weighted by molar-refractivity contribution is 5.94. The fraction of sp³-hybridized carbons (Fsp3) is 0.300. The molecule has 2 aromatic heterocycles. The zero-order valence-corrected chi connectivity index (χ0v) is 14.5. The minimum atomic E-state index is -0.0761. The third-order valence-corrected chi connectivity index (χ3v) is 4.81. The van der Waals surface area contributed by atoms with Crippen LogP contribution in [0.1, 0.15) is 35.0 Å². The summed E-state index contributed by atoms with van der Waals surface area (Å²) in [5.74, 6) is 0.828. The van der Waals surface area contributed by atoms with Gasteiger partial charge in [0.1, 0.15) is 5.76 Å². The fourth-order valence-corrected chi connectivity index (χ4v) is 3.42. The summed E-state index contributed by atoms with van der Waals surface area (Å²) in [5, 5.41) is 7.25. The lowest BCUT2D eigenvalue weighted by Crippen LogP contribution is -2.36. The molecule has 134 valence electrons. The van der Waals surface area contributed by atoms with Gasteiger partial charge in [0, 0.05) is 24.5 Å². The van der Waals surface area contributed by atoms with Crippen molar-refractivity contribution in [3.8, 4) is 5.69 Å². The minimum absolute atomic E-state index is 0.0761. The molecule has 0 unspecified atom stereocenters. The Bertz CT molecular complexity index is 819.